The molecule has 0 N–H and O–H groups in total. The molecule has 0 amide bonds. The maximum Gasteiger partial charge on any atom is 0.343 e. The minimum absolute atomic E-state index is 0.0771. The van der Waals surface area contributed by atoms with Crippen LogP contribution in [-0.4, -0.2) is 23.9 Å². The van der Waals surface area contributed by atoms with Crippen molar-refractivity contribution in [1.82, 2.24) is 0 Å². The third kappa shape index (κ3) is 11.7. The molecular formula is C53H54O8. The number of ether oxygens (including phenoxy) is 4. The van der Waals surface area contributed by atoms with Crippen LogP contribution in [0.2, 0.25) is 0 Å². The zero-order valence-electron chi connectivity index (χ0n) is 36.1. The topological polar surface area (TPSA) is 105 Å². The lowest BCUT2D eigenvalue weighted by Crippen LogP contribution is -2.16. The Morgan fingerprint density at radius 1 is 0.459 bits per heavy atom. The molecule has 61 heavy (non-hydrogen) atoms. The van der Waals surface area contributed by atoms with Crippen LogP contribution in [0, 0.1) is 13.8 Å². The van der Waals surface area contributed by atoms with Crippen molar-refractivity contribution in [2.75, 3.05) is 0 Å². The third-order valence-corrected chi connectivity index (χ3v) is 10.1. The van der Waals surface area contributed by atoms with Crippen molar-refractivity contribution in [2.24, 2.45) is 0 Å². The van der Waals surface area contributed by atoms with Gasteiger partial charge in [0.05, 0.1) is 22.3 Å². The maximum atomic E-state index is 12.9. The second-order valence-electron chi connectivity index (χ2n) is 14.9. The van der Waals surface area contributed by atoms with Crippen molar-refractivity contribution >= 4 is 23.9 Å². The molecule has 6 aromatic carbocycles. The second kappa shape index (κ2) is 22.0. The predicted molar refractivity (Wildman–Crippen MR) is 239 cm³/mol. The van der Waals surface area contributed by atoms with E-state index in [0.29, 0.717) is 39.5 Å². The number of unbranched alkanes of at least 4 members (excludes halogenated alkanes) is 1. The molecule has 314 valence electrons. The van der Waals surface area contributed by atoms with Crippen molar-refractivity contribution in [3.63, 3.8) is 0 Å². The highest BCUT2D eigenvalue weighted by Gasteiger charge is 2.27. The van der Waals surface area contributed by atoms with Crippen LogP contribution in [0.5, 0.6) is 23.0 Å². The fraction of sp³-hybridized carbons (Fsp3) is 0.245. The number of aryl methyl sites for hydroxylation is 4. The average molecular weight is 819 g/mol. The monoisotopic (exact) mass is 818 g/mol. The molecule has 6 rings (SSSR count). The van der Waals surface area contributed by atoms with Gasteiger partial charge < -0.3 is 18.9 Å². The summed E-state index contributed by atoms with van der Waals surface area (Å²) in [5, 5.41) is 0. The molecule has 0 heterocycles. The largest absolute Gasteiger partial charge is 0.419 e. The highest BCUT2D eigenvalue weighted by atomic mass is 16.6. The van der Waals surface area contributed by atoms with Crippen molar-refractivity contribution in [3.05, 3.63) is 189 Å². The first-order chi connectivity index (χ1) is 29.5. The first-order valence-corrected chi connectivity index (χ1v) is 20.9. The van der Waals surface area contributed by atoms with E-state index in [1.807, 2.05) is 64.1 Å². The van der Waals surface area contributed by atoms with Crippen molar-refractivity contribution in [1.29, 1.82) is 0 Å². The molecule has 0 aromatic heterocycles. The van der Waals surface area contributed by atoms with Gasteiger partial charge in [0.15, 0.2) is 23.0 Å². The van der Waals surface area contributed by atoms with Gasteiger partial charge in [-0.2, -0.15) is 0 Å². The fourth-order valence-corrected chi connectivity index (χ4v) is 6.96. The maximum absolute atomic E-state index is 12.9. The zero-order valence-corrected chi connectivity index (χ0v) is 36.1. The molecule has 6 aromatic rings. The molecule has 0 aliphatic heterocycles. The highest BCUT2D eigenvalue weighted by Crippen LogP contribution is 2.43. The van der Waals surface area contributed by atoms with Crippen molar-refractivity contribution < 1.29 is 38.1 Å². The lowest BCUT2D eigenvalue weighted by molar-refractivity contribution is 0.0679. The molecule has 0 saturated carbocycles. The van der Waals surface area contributed by atoms with Gasteiger partial charge in [-0.1, -0.05) is 126 Å². The Bertz CT molecular complexity index is 2420. The number of esters is 4. The van der Waals surface area contributed by atoms with Gasteiger partial charge in [-0.25, -0.2) is 19.2 Å². The van der Waals surface area contributed by atoms with E-state index < -0.39 is 23.9 Å². The zero-order chi connectivity index (χ0) is 43.9. The molecule has 0 aliphatic carbocycles. The number of carbonyl (C=O) groups is 4. The normalized spacial score (nSPS) is 10.6. The van der Waals surface area contributed by atoms with Crippen LogP contribution < -0.4 is 18.9 Å². The minimum Gasteiger partial charge on any atom is -0.419 e. The summed E-state index contributed by atoms with van der Waals surface area (Å²) in [5.41, 5.74) is 7.24. The van der Waals surface area contributed by atoms with Gasteiger partial charge in [0.1, 0.15) is 0 Å². The Morgan fingerprint density at radius 3 is 1.13 bits per heavy atom. The van der Waals surface area contributed by atoms with Gasteiger partial charge in [-0.15, -0.1) is 0 Å². The predicted octanol–water partition coefficient (Wildman–Crippen LogP) is 12.5. The Labute approximate surface area is 359 Å². The molecule has 0 radical (unpaired) electrons. The minimum atomic E-state index is -0.491. The number of hydrogen-bond acceptors (Lipinski definition) is 8. The van der Waals surface area contributed by atoms with Crippen LogP contribution in [0.4, 0.5) is 0 Å². The van der Waals surface area contributed by atoms with Gasteiger partial charge >= 0.3 is 23.9 Å². The number of benzene rings is 6. The van der Waals surface area contributed by atoms with Crippen molar-refractivity contribution in [3.8, 4) is 23.0 Å². The van der Waals surface area contributed by atoms with Crippen LogP contribution >= 0.6 is 0 Å². The Morgan fingerprint density at radius 2 is 0.787 bits per heavy atom. The van der Waals surface area contributed by atoms with Crippen LogP contribution in [0.25, 0.3) is 0 Å². The third-order valence-electron chi connectivity index (χ3n) is 10.1. The second-order valence-corrected chi connectivity index (χ2v) is 14.9. The Kier molecular flexibility index (Phi) is 16.3. The van der Waals surface area contributed by atoms with Crippen LogP contribution in [-0.2, 0) is 19.3 Å². The van der Waals surface area contributed by atoms with E-state index in [9.17, 15) is 19.2 Å². The van der Waals surface area contributed by atoms with E-state index in [4.69, 9.17) is 18.9 Å². The molecule has 0 atom stereocenters. The Hall–Kier alpha value is -6.80. The fourth-order valence-electron chi connectivity index (χ4n) is 6.96. The summed E-state index contributed by atoms with van der Waals surface area (Å²) in [5.74, 6) is -0.585. The van der Waals surface area contributed by atoms with Crippen LogP contribution in [0.1, 0.15) is 128 Å². The summed E-state index contributed by atoms with van der Waals surface area (Å²) in [4.78, 5) is 51.3. The van der Waals surface area contributed by atoms with E-state index in [-0.39, 0.29) is 11.7 Å². The molecule has 0 unspecified atom stereocenters. The van der Waals surface area contributed by atoms with E-state index in [2.05, 4.69) is 20.8 Å². The van der Waals surface area contributed by atoms with Crippen molar-refractivity contribution in [2.45, 2.75) is 86.5 Å². The summed E-state index contributed by atoms with van der Waals surface area (Å²) in [6.07, 6.45) is 4.26. The van der Waals surface area contributed by atoms with E-state index in [1.54, 1.807) is 97.1 Å². The van der Waals surface area contributed by atoms with E-state index in [1.165, 1.54) is 0 Å². The molecular weight excluding hydrogens is 765 g/mol. The first-order valence-electron chi connectivity index (χ1n) is 20.9. The lowest BCUT2D eigenvalue weighted by Gasteiger charge is -2.22. The first kappa shape index (κ1) is 45.3. The van der Waals surface area contributed by atoms with Gasteiger partial charge in [0.2, 0.25) is 0 Å². The Balaban J connectivity index is 0.000000231. The quantitative estimate of drug-likeness (QED) is 0.0790. The van der Waals surface area contributed by atoms with E-state index in [0.717, 1.165) is 65.5 Å². The van der Waals surface area contributed by atoms with Gasteiger partial charge in [0, 0.05) is 11.1 Å². The highest BCUT2D eigenvalue weighted by molar-refractivity contribution is 5.95. The summed E-state index contributed by atoms with van der Waals surface area (Å²) in [6.45, 7) is 14.0. The average Bonchev–Trinajstić information content (AvgIpc) is 3.29. The molecule has 0 saturated heterocycles. The standard InChI is InChI=1S/C27H28O4.C26H26O4/c1-4-6-17-23-20(5-2)18-19(3)24(30-26(28)21-13-9-7-10-14-21)25(23)31-27(29)22-15-11-8-12-16-22;1-5-19-16-18(4)23(29-25(27)20-12-8-6-9-13-20)24(22(19)17(2)3)30-26(28)21-14-10-7-11-15-21/h7-16,18H,4-6,17H2,1-3H3;6-17H,5H2,1-4H3. The van der Waals surface area contributed by atoms with Gasteiger partial charge in [-0.3, -0.25) is 0 Å². The molecule has 0 spiro atoms. The van der Waals surface area contributed by atoms with Crippen LogP contribution in [0.15, 0.2) is 133 Å². The summed E-state index contributed by atoms with van der Waals surface area (Å²) in [6, 6.07) is 39.3. The number of carbonyl (C=O) groups excluding carboxylic acids is 4. The summed E-state index contributed by atoms with van der Waals surface area (Å²) in [7, 11) is 0. The smallest absolute Gasteiger partial charge is 0.343 e. The van der Waals surface area contributed by atoms with Gasteiger partial charge in [-0.05, 0) is 116 Å². The lowest BCUT2D eigenvalue weighted by atomic mass is 9.92. The summed E-state index contributed by atoms with van der Waals surface area (Å²) >= 11 is 0. The van der Waals surface area contributed by atoms with Gasteiger partial charge in [0.25, 0.3) is 0 Å². The summed E-state index contributed by atoms with van der Waals surface area (Å²) < 4.78 is 23.3. The van der Waals surface area contributed by atoms with E-state index >= 15 is 0 Å². The van der Waals surface area contributed by atoms with Crippen LogP contribution in [0.3, 0.4) is 0 Å². The molecule has 8 nitrogen and oxygen atoms in total. The molecule has 0 fully saturated rings. The molecule has 0 aliphatic rings. The number of rotatable bonds is 14. The molecule has 0 bridgehead atoms. The molecule has 8 heteroatoms. The number of hydrogen-bond donors (Lipinski definition) is 0. The SMILES string of the molecule is CCCCc1c(CC)cc(C)c(OC(=O)c2ccccc2)c1OC(=O)c1ccccc1.CCc1cc(C)c(OC(=O)c2ccccc2)c(OC(=O)c2ccccc2)c1C(C)C.